The van der Waals surface area contributed by atoms with E-state index in [4.69, 9.17) is 14.7 Å². The van der Waals surface area contributed by atoms with E-state index in [1.807, 2.05) is 33.8 Å². The Labute approximate surface area is 216 Å². The number of carbonyl (C=O) groups is 1. The third kappa shape index (κ3) is 4.17. The SMILES string of the molecule is CCn1c(C(=O)N(C2CC2)C2CC2)c(C)c2c3nc[nH]c3c(N(CCOC(C)C)c3cc(C)[nH]n3)nc21. The van der Waals surface area contributed by atoms with Crippen LogP contribution in [0.1, 0.15) is 68.2 Å². The van der Waals surface area contributed by atoms with Gasteiger partial charge in [0.25, 0.3) is 5.91 Å². The summed E-state index contributed by atoms with van der Waals surface area (Å²) in [6.45, 7) is 11.9. The molecule has 0 saturated heterocycles. The summed E-state index contributed by atoms with van der Waals surface area (Å²) >= 11 is 0. The largest absolute Gasteiger partial charge is 0.377 e. The van der Waals surface area contributed by atoms with Gasteiger partial charge in [-0.3, -0.25) is 9.89 Å². The third-order valence-corrected chi connectivity index (χ3v) is 7.42. The van der Waals surface area contributed by atoms with Gasteiger partial charge in [-0.1, -0.05) is 0 Å². The van der Waals surface area contributed by atoms with Gasteiger partial charge >= 0.3 is 0 Å². The first-order valence-corrected chi connectivity index (χ1v) is 13.5. The van der Waals surface area contributed by atoms with Gasteiger partial charge in [0.05, 0.1) is 24.4 Å². The topological polar surface area (TPSA) is 108 Å². The minimum atomic E-state index is 0.125. The molecule has 6 rings (SSSR count). The first-order valence-electron chi connectivity index (χ1n) is 13.5. The van der Waals surface area contributed by atoms with E-state index in [1.54, 1.807) is 6.33 Å². The molecule has 4 heterocycles. The first-order chi connectivity index (χ1) is 17.9. The van der Waals surface area contributed by atoms with Crippen molar-refractivity contribution < 1.29 is 9.53 Å². The zero-order chi connectivity index (χ0) is 25.8. The molecule has 37 heavy (non-hydrogen) atoms. The van der Waals surface area contributed by atoms with Crippen LogP contribution >= 0.6 is 0 Å². The number of nitrogens with zero attached hydrogens (tertiary/aromatic N) is 6. The van der Waals surface area contributed by atoms with E-state index >= 15 is 0 Å². The van der Waals surface area contributed by atoms with Crippen molar-refractivity contribution in [2.75, 3.05) is 18.1 Å². The number of anilines is 2. The van der Waals surface area contributed by atoms with Crippen LogP contribution in [0.4, 0.5) is 11.6 Å². The highest BCUT2D eigenvalue weighted by atomic mass is 16.5. The molecule has 0 bridgehead atoms. The predicted octanol–water partition coefficient (Wildman–Crippen LogP) is 4.60. The number of aromatic amines is 2. The molecule has 2 aliphatic rings. The van der Waals surface area contributed by atoms with Crippen molar-refractivity contribution in [1.82, 2.24) is 34.6 Å². The minimum Gasteiger partial charge on any atom is -0.377 e. The van der Waals surface area contributed by atoms with Gasteiger partial charge in [0.2, 0.25) is 0 Å². The highest BCUT2D eigenvalue weighted by Crippen LogP contribution is 2.41. The van der Waals surface area contributed by atoms with Gasteiger partial charge in [-0.05, 0) is 65.9 Å². The monoisotopic (exact) mass is 504 g/mol. The van der Waals surface area contributed by atoms with E-state index in [0.29, 0.717) is 31.8 Å². The second-order valence-electron chi connectivity index (χ2n) is 10.6. The molecule has 0 aromatic carbocycles. The lowest BCUT2D eigenvalue weighted by molar-refractivity contribution is 0.0718. The van der Waals surface area contributed by atoms with E-state index < -0.39 is 0 Å². The Morgan fingerprint density at radius 2 is 1.95 bits per heavy atom. The molecule has 4 aromatic rings. The number of ether oxygens (including phenoxy) is 1. The fourth-order valence-electron chi connectivity index (χ4n) is 5.43. The summed E-state index contributed by atoms with van der Waals surface area (Å²) in [5.74, 6) is 1.63. The molecule has 196 valence electrons. The second kappa shape index (κ2) is 9.16. The van der Waals surface area contributed by atoms with Crippen LogP contribution in [0.3, 0.4) is 0 Å². The van der Waals surface area contributed by atoms with Gasteiger partial charge in [-0.25, -0.2) is 9.97 Å². The number of imidazole rings is 1. The Morgan fingerprint density at radius 3 is 2.54 bits per heavy atom. The molecule has 0 atom stereocenters. The van der Waals surface area contributed by atoms with Crippen LogP contribution in [0, 0.1) is 13.8 Å². The summed E-state index contributed by atoms with van der Waals surface area (Å²) in [4.78, 5) is 31.5. The van der Waals surface area contributed by atoms with Crippen LogP contribution in [0.5, 0.6) is 0 Å². The lowest BCUT2D eigenvalue weighted by Crippen LogP contribution is -2.36. The molecule has 10 nitrogen and oxygen atoms in total. The van der Waals surface area contributed by atoms with Crippen molar-refractivity contribution in [2.45, 2.75) is 85.0 Å². The minimum absolute atomic E-state index is 0.125. The average molecular weight is 505 g/mol. The smallest absolute Gasteiger partial charge is 0.271 e. The Morgan fingerprint density at radius 1 is 1.22 bits per heavy atom. The average Bonchev–Trinajstić information content (AvgIpc) is 3.77. The number of H-pyrrole nitrogens is 2. The van der Waals surface area contributed by atoms with Crippen LogP contribution in [0.2, 0.25) is 0 Å². The summed E-state index contributed by atoms with van der Waals surface area (Å²) in [5.41, 5.74) is 5.10. The molecule has 0 aliphatic heterocycles. The molecule has 1 amide bonds. The lowest BCUT2D eigenvalue weighted by Gasteiger charge is -2.23. The van der Waals surface area contributed by atoms with Crippen LogP contribution in [-0.2, 0) is 11.3 Å². The summed E-state index contributed by atoms with van der Waals surface area (Å²) in [7, 11) is 0. The molecule has 2 N–H and O–H groups in total. The Bertz CT molecular complexity index is 1440. The Balaban J connectivity index is 1.52. The molecule has 2 fully saturated rings. The maximum atomic E-state index is 14.0. The fraction of sp³-hybridized carbons (Fsp3) is 0.556. The van der Waals surface area contributed by atoms with Crippen LogP contribution in [-0.4, -0.2) is 71.9 Å². The molecular formula is C27H36N8O2. The molecule has 2 aliphatic carbocycles. The number of hydrogen-bond donors (Lipinski definition) is 2. The number of pyridine rings is 1. The lowest BCUT2D eigenvalue weighted by atomic mass is 10.1. The van der Waals surface area contributed by atoms with E-state index in [2.05, 4.69) is 36.5 Å². The summed E-state index contributed by atoms with van der Waals surface area (Å²) in [6, 6.07) is 2.78. The molecular weight excluding hydrogens is 468 g/mol. The fourth-order valence-corrected chi connectivity index (χ4v) is 5.43. The molecule has 0 unspecified atom stereocenters. The Kier molecular flexibility index (Phi) is 5.94. The second-order valence-corrected chi connectivity index (χ2v) is 10.6. The summed E-state index contributed by atoms with van der Waals surface area (Å²) in [6.07, 6.45) is 6.26. The van der Waals surface area contributed by atoms with Crippen molar-refractivity contribution in [3.8, 4) is 0 Å². The van der Waals surface area contributed by atoms with Gasteiger partial charge in [-0.15, -0.1) is 0 Å². The molecule has 0 spiro atoms. The van der Waals surface area contributed by atoms with E-state index in [-0.39, 0.29) is 12.0 Å². The van der Waals surface area contributed by atoms with Crippen molar-refractivity contribution in [3.05, 3.63) is 29.3 Å². The van der Waals surface area contributed by atoms with Crippen LogP contribution in [0.15, 0.2) is 12.4 Å². The number of nitrogens with one attached hydrogen (secondary N) is 2. The van der Waals surface area contributed by atoms with E-state index in [1.165, 1.54) is 0 Å². The number of aromatic nitrogens is 6. The van der Waals surface area contributed by atoms with Crippen LogP contribution < -0.4 is 4.90 Å². The zero-order valence-corrected chi connectivity index (χ0v) is 22.3. The van der Waals surface area contributed by atoms with Crippen molar-refractivity contribution in [1.29, 1.82) is 0 Å². The van der Waals surface area contributed by atoms with Gasteiger partial charge in [0.1, 0.15) is 22.4 Å². The maximum Gasteiger partial charge on any atom is 0.271 e. The van der Waals surface area contributed by atoms with Crippen molar-refractivity contribution >= 4 is 39.6 Å². The normalized spacial score (nSPS) is 15.8. The summed E-state index contributed by atoms with van der Waals surface area (Å²) in [5, 5.41) is 8.52. The molecule has 10 heteroatoms. The number of rotatable bonds is 10. The number of fused-ring (bicyclic) bond motifs is 3. The van der Waals surface area contributed by atoms with Crippen LogP contribution in [0.25, 0.3) is 22.1 Å². The van der Waals surface area contributed by atoms with E-state index in [9.17, 15) is 4.79 Å². The van der Waals surface area contributed by atoms with Crippen molar-refractivity contribution in [2.24, 2.45) is 0 Å². The van der Waals surface area contributed by atoms with Gasteiger partial charge in [-0.2, -0.15) is 5.10 Å². The van der Waals surface area contributed by atoms with Gasteiger partial charge < -0.3 is 24.1 Å². The molecule has 0 radical (unpaired) electrons. The van der Waals surface area contributed by atoms with Gasteiger partial charge in [0.15, 0.2) is 11.6 Å². The standard InChI is InChI=1S/C27H36N8O2/c1-6-33-24(27(36)35(18-7-8-18)19-9-10-19)17(5)21-22-23(29-14-28-22)26(30-25(21)33)34(11-12-37-15(2)3)20-13-16(4)31-32-20/h13-15,18-19H,6-12H2,1-5H3,(H,28,29)(H,31,32). The molecule has 4 aromatic heterocycles. The summed E-state index contributed by atoms with van der Waals surface area (Å²) < 4.78 is 7.98. The highest BCUT2D eigenvalue weighted by molar-refractivity contribution is 6.12. The zero-order valence-electron chi connectivity index (χ0n) is 22.3. The Hall–Kier alpha value is -3.40. The number of carbonyl (C=O) groups excluding carboxylic acids is 1. The van der Waals surface area contributed by atoms with Gasteiger partial charge in [0, 0.05) is 36.9 Å². The maximum absolute atomic E-state index is 14.0. The number of amides is 1. The number of aryl methyl sites for hydroxylation is 3. The number of hydrogen-bond acceptors (Lipinski definition) is 6. The third-order valence-electron chi connectivity index (χ3n) is 7.42. The van der Waals surface area contributed by atoms with Crippen molar-refractivity contribution in [3.63, 3.8) is 0 Å². The van der Waals surface area contributed by atoms with E-state index in [0.717, 1.165) is 76.3 Å². The first kappa shape index (κ1) is 24.0. The highest BCUT2D eigenvalue weighted by Gasteiger charge is 2.44. The quantitative estimate of drug-likeness (QED) is 0.327. The predicted molar refractivity (Wildman–Crippen MR) is 143 cm³/mol. The molecule has 2 saturated carbocycles.